The highest BCUT2D eigenvalue weighted by molar-refractivity contribution is 6.22. The number of anilines is 1. The zero-order valence-electron chi connectivity index (χ0n) is 18.4. The van der Waals surface area contributed by atoms with Gasteiger partial charge < -0.3 is 16.0 Å². The van der Waals surface area contributed by atoms with Crippen molar-refractivity contribution in [3.8, 4) is 0 Å². The SMILES string of the molecule is CC1(C)CC(NC(=O)Nc2ccc3c(c2)C(=O)N(C(C)(C)C)C3=O)CC(C)(C)N1. The van der Waals surface area contributed by atoms with Crippen LogP contribution in [0.5, 0.6) is 0 Å². The van der Waals surface area contributed by atoms with Gasteiger partial charge in [-0.25, -0.2) is 4.79 Å². The molecule has 0 atom stereocenters. The van der Waals surface area contributed by atoms with Crippen molar-refractivity contribution < 1.29 is 14.4 Å². The third kappa shape index (κ3) is 4.45. The van der Waals surface area contributed by atoms with Crippen molar-refractivity contribution >= 4 is 23.5 Å². The Balaban J connectivity index is 1.71. The molecule has 0 radical (unpaired) electrons. The lowest BCUT2D eigenvalue weighted by molar-refractivity contribution is 0.0507. The Hall–Kier alpha value is -2.41. The minimum atomic E-state index is -0.604. The van der Waals surface area contributed by atoms with E-state index < -0.39 is 5.54 Å². The molecular formula is C22H32N4O3. The van der Waals surface area contributed by atoms with Crippen molar-refractivity contribution in [2.45, 2.75) is 84.0 Å². The van der Waals surface area contributed by atoms with Crippen LogP contribution >= 0.6 is 0 Å². The molecule has 1 fully saturated rings. The van der Waals surface area contributed by atoms with Gasteiger partial charge in [0.05, 0.1) is 11.1 Å². The third-order valence-electron chi connectivity index (χ3n) is 5.34. The van der Waals surface area contributed by atoms with Crippen LogP contribution in [-0.2, 0) is 0 Å². The van der Waals surface area contributed by atoms with Crippen molar-refractivity contribution in [2.24, 2.45) is 0 Å². The lowest BCUT2D eigenvalue weighted by atomic mass is 9.80. The highest BCUT2D eigenvalue weighted by atomic mass is 16.2. The first-order valence-electron chi connectivity index (χ1n) is 10.1. The fourth-order valence-corrected chi connectivity index (χ4v) is 4.70. The first kappa shape index (κ1) is 21.3. The zero-order valence-corrected chi connectivity index (χ0v) is 18.4. The van der Waals surface area contributed by atoms with Crippen LogP contribution in [0.1, 0.15) is 82.0 Å². The summed E-state index contributed by atoms with van der Waals surface area (Å²) in [7, 11) is 0. The van der Waals surface area contributed by atoms with Gasteiger partial charge in [0.2, 0.25) is 0 Å². The molecular weight excluding hydrogens is 368 g/mol. The van der Waals surface area contributed by atoms with Gasteiger partial charge >= 0.3 is 6.03 Å². The maximum atomic E-state index is 12.7. The Labute approximate surface area is 172 Å². The van der Waals surface area contributed by atoms with Gasteiger partial charge in [-0.15, -0.1) is 0 Å². The number of amides is 4. The van der Waals surface area contributed by atoms with Crippen LogP contribution in [0.3, 0.4) is 0 Å². The van der Waals surface area contributed by atoms with Gasteiger partial charge in [-0.2, -0.15) is 0 Å². The largest absolute Gasteiger partial charge is 0.335 e. The Morgan fingerprint density at radius 2 is 1.59 bits per heavy atom. The summed E-state index contributed by atoms with van der Waals surface area (Å²) in [6.45, 7) is 14.0. The Morgan fingerprint density at radius 3 is 2.14 bits per heavy atom. The van der Waals surface area contributed by atoms with Crippen LogP contribution in [0.4, 0.5) is 10.5 Å². The van der Waals surface area contributed by atoms with Gasteiger partial charge in [0.1, 0.15) is 0 Å². The van der Waals surface area contributed by atoms with Gasteiger partial charge in [-0.3, -0.25) is 14.5 Å². The molecule has 2 heterocycles. The van der Waals surface area contributed by atoms with Crippen LogP contribution in [0.15, 0.2) is 18.2 Å². The molecule has 0 spiro atoms. The molecule has 3 N–H and O–H groups in total. The van der Waals surface area contributed by atoms with E-state index in [9.17, 15) is 14.4 Å². The number of carbonyl (C=O) groups is 3. The fraction of sp³-hybridized carbons (Fsp3) is 0.591. The molecule has 0 bridgehead atoms. The third-order valence-corrected chi connectivity index (χ3v) is 5.34. The van der Waals surface area contributed by atoms with Crippen LogP contribution in [0.2, 0.25) is 0 Å². The molecule has 29 heavy (non-hydrogen) atoms. The van der Waals surface area contributed by atoms with E-state index in [1.165, 1.54) is 4.90 Å². The minimum Gasteiger partial charge on any atom is -0.335 e. The lowest BCUT2D eigenvalue weighted by Crippen LogP contribution is -2.62. The van der Waals surface area contributed by atoms with Gasteiger partial charge in [0.15, 0.2) is 0 Å². The molecule has 158 valence electrons. The number of fused-ring (bicyclic) bond motifs is 1. The summed E-state index contributed by atoms with van der Waals surface area (Å²) in [5.74, 6) is -0.629. The molecule has 0 aromatic heterocycles. The number of nitrogens with zero attached hydrogens (tertiary/aromatic N) is 1. The van der Waals surface area contributed by atoms with E-state index in [4.69, 9.17) is 0 Å². The van der Waals surface area contributed by atoms with Crippen molar-refractivity contribution in [1.82, 2.24) is 15.5 Å². The summed E-state index contributed by atoms with van der Waals surface area (Å²) in [4.78, 5) is 39.1. The van der Waals surface area contributed by atoms with Crippen LogP contribution in [-0.4, -0.2) is 45.4 Å². The average Bonchev–Trinajstić information content (AvgIpc) is 2.74. The predicted molar refractivity (Wildman–Crippen MR) is 113 cm³/mol. The van der Waals surface area contributed by atoms with Crippen molar-refractivity contribution in [3.63, 3.8) is 0 Å². The summed E-state index contributed by atoms with van der Waals surface area (Å²) in [5.41, 5.74) is 0.440. The van der Waals surface area contributed by atoms with E-state index in [-0.39, 0.29) is 35.0 Å². The molecule has 1 aromatic carbocycles. The van der Waals surface area contributed by atoms with E-state index >= 15 is 0 Å². The van der Waals surface area contributed by atoms with E-state index in [2.05, 4.69) is 43.6 Å². The average molecular weight is 401 g/mol. The zero-order chi connectivity index (χ0) is 21.8. The normalized spacial score (nSPS) is 21.1. The molecule has 2 aliphatic rings. The summed E-state index contributed by atoms with van der Waals surface area (Å²) in [6.07, 6.45) is 1.64. The molecule has 0 aliphatic carbocycles. The van der Waals surface area contributed by atoms with E-state index in [0.717, 1.165) is 12.8 Å². The number of hydrogen-bond acceptors (Lipinski definition) is 4. The fourth-order valence-electron chi connectivity index (χ4n) is 4.70. The Bertz CT molecular complexity index is 851. The smallest absolute Gasteiger partial charge is 0.319 e. The Kier molecular flexibility index (Phi) is 5.02. The van der Waals surface area contributed by atoms with Crippen molar-refractivity contribution in [3.05, 3.63) is 29.3 Å². The molecule has 3 rings (SSSR count). The van der Waals surface area contributed by atoms with E-state index in [0.29, 0.717) is 16.8 Å². The number of piperidine rings is 1. The topological polar surface area (TPSA) is 90.5 Å². The molecule has 4 amide bonds. The standard InChI is InChI=1S/C22H32N4O3/c1-20(2,3)26-17(27)15-9-8-13(10-16(15)18(26)28)23-19(29)24-14-11-21(4,5)25-22(6,7)12-14/h8-10,14,25H,11-12H2,1-7H3,(H2,23,24,29). The van der Waals surface area contributed by atoms with Crippen LogP contribution in [0.25, 0.3) is 0 Å². The predicted octanol–water partition coefficient (Wildman–Crippen LogP) is 3.51. The second-order valence-electron chi connectivity index (χ2n) is 10.5. The van der Waals surface area contributed by atoms with Gasteiger partial charge in [0.25, 0.3) is 11.8 Å². The molecule has 7 heteroatoms. The molecule has 7 nitrogen and oxygen atoms in total. The number of hydrogen-bond donors (Lipinski definition) is 3. The lowest BCUT2D eigenvalue weighted by Gasteiger charge is -2.46. The van der Waals surface area contributed by atoms with E-state index in [1.54, 1.807) is 18.2 Å². The summed E-state index contributed by atoms with van der Waals surface area (Å²) < 4.78 is 0. The second-order valence-corrected chi connectivity index (χ2v) is 10.5. The van der Waals surface area contributed by atoms with Crippen molar-refractivity contribution in [2.75, 3.05) is 5.32 Å². The maximum Gasteiger partial charge on any atom is 0.319 e. The van der Waals surface area contributed by atoms with Gasteiger partial charge in [-0.05, 0) is 79.5 Å². The number of nitrogens with one attached hydrogen (secondary N) is 3. The quantitative estimate of drug-likeness (QED) is 0.663. The summed E-state index contributed by atoms with van der Waals surface area (Å²) in [5, 5.41) is 9.45. The molecule has 0 unspecified atom stereocenters. The second kappa shape index (κ2) is 6.83. The molecule has 1 saturated heterocycles. The first-order valence-corrected chi connectivity index (χ1v) is 10.1. The number of carbonyl (C=O) groups excluding carboxylic acids is 3. The van der Waals surface area contributed by atoms with Crippen LogP contribution < -0.4 is 16.0 Å². The highest BCUT2D eigenvalue weighted by Gasteiger charge is 2.42. The maximum absolute atomic E-state index is 12.7. The molecule has 2 aliphatic heterocycles. The number of urea groups is 1. The van der Waals surface area contributed by atoms with Gasteiger partial charge in [-0.1, -0.05) is 0 Å². The number of imide groups is 1. The molecule has 1 aromatic rings. The first-order chi connectivity index (χ1) is 13.2. The summed E-state index contributed by atoms with van der Waals surface area (Å²) in [6, 6.07) is 4.57. The van der Waals surface area contributed by atoms with Crippen LogP contribution in [0, 0.1) is 0 Å². The number of rotatable bonds is 2. The van der Waals surface area contributed by atoms with Crippen molar-refractivity contribution in [1.29, 1.82) is 0 Å². The monoisotopic (exact) mass is 400 g/mol. The minimum absolute atomic E-state index is 0.0373. The number of benzene rings is 1. The van der Waals surface area contributed by atoms with E-state index in [1.807, 2.05) is 20.8 Å². The highest BCUT2D eigenvalue weighted by Crippen LogP contribution is 2.31. The molecule has 0 saturated carbocycles. The Morgan fingerprint density at radius 1 is 1.03 bits per heavy atom. The summed E-state index contributed by atoms with van der Waals surface area (Å²) >= 11 is 0. The van der Waals surface area contributed by atoms with Gasteiger partial charge in [0, 0.05) is 28.3 Å².